The summed E-state index contributed by atoms with van der Waals surface area (Å²) in [7, 11) is 0. The lowest BCUT2D eigenvalue weighted by Crippen LogP contribution is -2.22. The van der Waals surface area contributed by atoms with Gasteiger partial charge in [-0.15, -0.1) is 0 Å². The van der Waals surface area contributed by atoms with Crippen LogP contribution < -0.4 is 10.6 Å². The van der Waals surface area contributed by atoms with Crippen LogP contribution in [0.2, 0.25) is 0 Å². The summed E-state index contributed by atoms with van der Waals surface area (Å²) in [5.74, 6) is 1.83. The summed E-state index contributed by atoms with van der Waals surface area (Å²) in [6.45, 7) is 5.18. The molecule has 3 heterocycles. The molecule has 2 aliphatic carbocycles. The van der Waals surface area contributed by atoms with Gasteiger partial charge in [0.15, 0.2) is 11.4 Å². The lowest BCUT2D eigenvalue weighted by Gasteiger charge is -2.30. The third kappa shape index (κ3) is 5.97. The molecule has 37 heavy (non-hydrogen) atoms. The minimum absolute atomic E-state index is 0. The molecule has 3 aromatic heterocycles. The fourth-order valence-electron chi connectivity index (χ4n) is 4.84. The van der Waals surface area contributed by atoms with Crippen molar-refractivity contribution in [2.24, 2.45) is 17.8 Å². The van der Waals surface area contributed by atoms with Crippen LogP contribution in [-0.4, -0.2) is 32.2 Å². The standard InChI is InChI=1S/C26H31F3N6O2.H2/c1-15(2)17-5-7-19(8-6-17)35-13-20(23(34-35)26(27,28)29)32-24(36)21-14-37-25(33-21)18-9-10-30-22(11-18)31-12-16-3-4-16;/h9-11,13-17,19H,3-8,12H2,1-2H3,(H,30,31)(H,32,36);1H. The fourth-order valence-corrected chi connectivity index (χ4v) is 4.84. The second-order valence-corrected chi connectivity index (χ2v) is 10.4. The van der Waals surface area contributed by atoms with E-state index in [9.17, 15) is 18.0 Å². The molecule has 1 amide bonds. The van der Waals surface area contributed by atoms with Crippen molar-refractivity contribution in [2.45, 2.75) is 64.6 Å². The highest BCUT2D eigenvalue weighted by atomic mass is 19.4. The van der Waals surface area contributed by atoms with E-state index in [-0.39, 0.29) is 24.7 Å². The van der Waals surface area contributed by atoms with Gasteiger partial charge in [-0.25, -0.2) is 9.97 Å². The van der Waals surface area contributed by atoms with Gasteiger partial charge in [0.2, 0.25) is 5.89 Å². The number of alkyl halides is 3. The van der Waals surface area contributed by atoms with Crippen LogP contribution in [-0.2, 0) is 6.18 Å². The van der Waals surface area contributed by atoms with Gasteiger partial charge in [-0.1, -0.05) is 13.8 Å². The number of carbonyl (C=O) groups is 1. The van der Waals surface area contributed by atoms with Crippen LogP contribution in [0.15, 0.2) is 35.2 Å². The Morgan fingerprint density at radius 2 is 1.97 bits per heavy atom. The highest BCUT2D eigenvalue weighted by Gasteiger charge is 2.39. The highest BCUT2D eigenvalue weighted by molar-refractivity contribution is 6.03. The molecular formula is C26H33F3N6O2. The minimum Gasteiger partial charge on any atom is -0.444 e. The zero-order valence-corrected chi connectivity index (χ0v) is 20.9. The molecule has 0 aromatic carbocycles. The summed E-state index contributed by atoms with van der Waals surface area (Å²) < 4.78 is 48.1. The number of amides is 1. The predicted molar refractivity (Wildman–Crippen MR) is 134 cm³/mol. The topological polar surface area (TPSA) is 97.9 Å². The number of aromatic nitrogens is 4. The molecule has 3 aromatic rings. The van der Waals surface area contributed by atoms with E-state index >= 15 is 0 Å². The molecule has 8 nitrogen and oxygen atoms in total. The fraction of sp³-hybridized carbons (Fsp3) is 0.538. The number of pyridine rings is 1. The largest absolute Gasteiger partial charge is 0.444 e. The SMILES string of the molecule is CC(C)C1CCC(n2cc(NC(=O)c3coc(-c4ccnc(NCC5CC5)c4)n3)c(C(F)(F)F)n2)CC1.[HH]. The maximum atomic E-state index is 13.8. The van der Waals surface area contributed by atoms with E-state index in [1.54, 1.807) is 18.3 Å². The second-order valence-electron chi connectivity index (χ2n) is 10.4. The molecular weight excluding hydrogens is 485 g/mol. The Kier molecular flexibility index (Phi) is 6.96. The first-order chi connectivity index (χ1) is 17.7. The number of anilines is 2. The van der Waals surface area contributed by atoms with Gasteiger partial charge in [0.25, 0.3) is 5.91 Å². The van der Waals surface area contributed by atoms with Crippen LogP contribution in [0, 0.1) is 17.8 Å². The molecule has 11 heteroatoms. The van der Waals surface area contributed by atoms with E-state index in [0.29, 0.717) is 29.1 Å². The van der Waals surface area contributed by atoms with Crippen molar-refractivity contribution in [2.75, 3.05) is 17.2 Å². The average Bonchev–Trinajstić information content (AvgIpc) is 3.38. The molecule has 2 N–H and O–H groups in total. The summed E-state index contributed by atoms with van der Waals surface area (Å²) in [6.07, 6.45) is 5.12. The number of hydrogen-bond donors (Lipinski definition) is 2. The first kappa shape index (κ1) is 25.3. The normalized spacial score (nSPS) is 20.3. The van der Waals surface area contributed by atoms with Crippen LogP contribution >= 0.6 is 0 Å². The van der Waals surface area contributed by atoms with E-state index in [1.165, 1.54) is 23.7 Å². The second kappa shape index (κ2) is 10.2. The maximum Gasteiger partial charge on any atom is 0.437 e. The van der Waals surface area contributed by atoms with Gasteiger partial charge >= 0.3 is 6.18 Å². The molecule has 0 atom stereocenters. The Balaban J connectivity index is 0.00000336. The van der Waals surface area contributed by atoms with Gasteiger partial charge < -0.3 is 15.1 Å². The molecule has 0 bridgehead atoms. The van der Waals surface area contributed by atoms with Crippen molar-refractivity contribution in [3.05, 3.63) is 42.2 Å². The zero-order valence-electron chi connectivity index (χ0n) is 20.9. The van der Waals surface area contributed by atoms with Gasteiger partial charge in [0, 0.05) is 25.9 Å². The first-order valence-electron chi connectivity index (χ1n) is 12.8. The number of oxazole rings is 1. The number of rotatable bonds is 8. The molecule has 0 aliphatic heterocycles. The van der Waals surface area contributed by atoms with Gasteiger partial charge in [-0.3, -0.25) is 9.48 Å². The Morgan fingerprint density at radius 1 is 1.22 bits per heavy atom. The van der Waals surface area contributed by atoms with Crippen LogP contribution in [0.3, 0.4) is 0 Å². The van der Waals surface area contributed by atoms with Crippen LogP contribution in [0.25, 0.3) is 11.5 Å². The molecule has 0 radical (unpaired) electrons. The summed E-state index contributed by atoms with van der Waals surface area (Å²) >= 11 is 0. The Morgan fingerprint density at radius 3 is 2.65 bits per heavy atom. The minimum atomic E-state index is -4.71. The van der Waals surface area contributed by atoms with E-state index in [1.807, 2.05) is 0 Å². The molecule has 5 rings (SSSR count). The van der Waals surface area contributed by atoms with Crippen LogP contribution in [0.1, 0.15) is 76.0 Å². The van der Waals surface area contributed by atoms with Crippen LogP contribution in [0.4, 0.5) is 24.7 Å². The first-order valence-corrected chi connectivity index (χ1v) is 12.8. The van der Waals surface area contributed by atoms with Crippen molar-refractivity contribution in [1.82, 2.24) is 19.7 Å². The summed E-state index contributed by atoms with van der Waals surface area (Å²) in [4.78, 5) is 21.3. The molecule has 0 unspecified atom stereocenters. The van der Waals surface area contributed by atoms with Gasteiger partial charge in [0.1, 0.15) is 12.1 Å². The Bertz CT molecular complexity index is 1250. The van der Waals surface area contributed by atoms with Crippen molar-refractivity contribution in [3.8, 4) is 11.5 Å². The monoisotopic (exact) mass is 518 g/mol. The number of nitrogens with one attached hydrogen (secondary N) is 2. The highest BCUT2D eigenvalue weighted by Crippen LogP contribution is 2.39. The van der Waals surface area contributed by atoms with Crippen molar-refractivity contribution >= 4 is 17.4 Å². The third-order valence-electron chi connectivity index (χ3n) is 7.32. The molecule has 200 valence electrons. The average molecular weight is 519 g/mol. The van der Waals surface area contributed by atoms with E-state index in [2.05, 4.69) is 39.5 Å². The maximum absolute atomic E-state index is 13.8. The number of carbonyl (C=O) groups excluding carboxylic acids is 1. The number of hydrogen-bond acceptors (Lipinski definition) is 6. The summed E-state index contributed by atoms with van der Waals surface area (Å²) in [6, 6.07) is 3.32. The lowest BCUT2D eigenvalue weighted by atomic mass is 9.80. The van der Waals surface area contributed by atoms with E-state index in [0.717, 1.165) is 38.5 Å². The number of nitrogens with zero attached hydrogens (tertiary/aromatic N) is 4. The van der Waals surface area contributed by atoms with Gasteiger partial charge in [-0.2, -0.15) is 18.3 Å². The van der Waals surface area contributed by atoms with Crippen molar-refractivity contribution in [3.63, 3.8) is 0 Å². The summed E-state index contributed by atoms with van der Waals surface area (Å²) in [5, 5.41) is 9.44. The summed E-state index contributed by atoms with van der Waals surface area (Å²) in [5.41, 5.74) is -1.02. The molecule has 0 saturated heterocycles. The predicted octanol–water partition coefficient (Wildman–Crippen LogP) is 6.66. The van der Waals surface area contributed by atoms with Crippen LogP contribution in [0.5, 0.6) is 0 Å². The molecule has 2 fully saturated rings. The molecule has 0 spiro atoms. The molecule has 2 aliphatic rings. The van der Waals surface area contributed by atoms with Gasteiger partial charge in [-0.05, 0) is 68.4 Å². The van der Waals surface area contributed by atoms with E-state index < -0.39 is 17.8 Å². The third-order valence-corrected chi connectivity index (χ3v) is 7.32. The Hall–Kier alpha value is -3.37. The van der Waals surface area contributed by atoms with Gasteiger partial charge in [0.05, 0.1) is 11.7 Å². The van der Waals surface area contributed by atoms with E-state index in [4.69, 9.17) is 4.42 Å². The zero-order chi connectivity index (χ0) is 26.2. The smallest absolute Gasteiger partial charge is 0.437 e. The van der Waals surface area contributed by atoms with Crippen molar-refractivity contribution < 1.29 is 23.8 Å². The molecule has 2 saturated carbocycles. The van der Waals surface area contributed by atoms with Crippen molar-refractivity contribution in [1.29, 1.82) is 0 Å². The quantitative estimate of drug-likeness (QED) is 0.346. The Labute approximate surface area is 214 Å². The lowest BCUT2D eigenvalue weighted by molar-refractivity contribution is -0.141. The number of halogens is 3.